The van der Waals surface area contributed by atoms with Crippen molar-refractivity contribution >= 4 is 16.8 Å². The van der Waals surface area contributed by atoms with Crippen molar-refractivity contribution in [3.05, 3.63) is 36.5 Å². The van der Waals surface area contributed by atoms with Gasteiger partial charge in [0.25, 0.3) is 5.91 Å². The molecule has 1 heterocycles. The molecular formula is C14H13N3O2. The minimum Gasteiger partial charge on any atom is -0.482 e. The summed E-state index contributed by atoms with van der Waals surface area (Å²) >= 11 is 0. The first-order chi connectivity index (χ1) is 9.29. The fourth-order valence-electron chi connectivity index (χ4n) is 1.59. The Morgan fingerprint density at radius 1 is 1.42 bits per heavy atom. The Kier molecular flexibility index (Phi) is 4.29. The molecule has 1 aromatic carbocycles. The van der Waals surface area contributed by atoms with E-state index in [0.29, 0.717) is 18.7 Å². The highest BCUT2D eigenvalue weighted by atomic mass is 16.5. The molecule has 5 heteroatoms. The van der Waals surface area contributed by atoms with E-state index < -0.39 is 0 Å². The van der Waals surface area contributed by atoms with Crippen LogP contribution in [0.3, 0.4) is 0 Å². The average Bonchev–Trinajstić information content (AvgIpc) is 2.45. The molecule has 0 aliphatic carbocycles. The zero-order valence-corrected chi connectivity index (χ0v) is 10.3. The molecule has 1 amide bonds. The van der Waals surface area contributed by atoms with Crippen LogP contribution in [0.5, 0.6) is 5.75 Å². The lowest BCUT2D eigenvalue weighted by molar-refractivity contribution is -0.123. The van der Waals surface area contributed by atoms with Crippen LogP contribution in [0, 0.1) is 11.3 Å². The Morgan fingerprint density at radius 2 is 2.26 bits per heavy atom. The zero-order chi connectivity index (χ0) is 13.5. The number of hydrogen-bond donors (Lipinski definition) is 1. The van der Waals surface area contributed by atoms with Crippen LogP contribution < -0.4 is 10.1 Å². The van der Waals surface area contributed by atoms with E-state index in [-0.39, 0.29) is 12.5 Å². The summed E-state index contributed by atoms with van der Waals surface area (Å²) in [5.74, 6) is 0.303. The van der Waals surface area contributed by atoms with Crippen LogP contribution in [0.4, 0.5) is 0 Å². The first-order valence-corrected chi connectivity index (χ1v) is 5.91. The summed E-state index contributed by atoms with van der Waals surface area (Å²) in [6.07, 6.45) is 1.88. The van der Waals surface area contributed by atoms with Crippen LogP contribution in [0.2, 0.25) is 0 Å². The van der Waals surface area contributed by atoms with Crippen molar-refractivity contribution in [2.24, 2.45) is 0 Å². The first-order valence-electron chi connectivity index (χ1n) is 5.91. The van der Waals surface area contributed by atoms with E-state index in [1.54, 1.807) is 6.20 Å². The summed E-state index contributed by atoms with van der Waals surface area (Å²) in [5, 5.41) is 11.9. The molecule has 0 saturated heterocycles. The lowest BCUT2D eigenvalue weighted by atomic mass is 10.2. The summed E-state index contributed by atoms with van der Waals surface area (Å²) in [5.41, 5.74) is 0.883. The molecule has 0 aliphatic heterocycles. The number of aromatic nitrogens is 1. The molecule has 2 rings (SSSR count). The number of amides is 1. The van der Waals surface area contributed by atoms with Gasteiger partial charge in [-0.2, -0.15) is 5.26 Å². The van der Waals surface area contributed by atoms with Crippen molar-refractivity contribution in [1.29, 1.82) is 5.26 Å². The number of hydrogen-bond acceptors (Lipinski definition) is 4. The molecule has 1 N–H and O–H groups in total. The molecular weight excluding hydrogens is 242 g/mol. The average molecular weight is 255 g/mol. The van der Waals surface area contributed by atoms with E-state index in [0.717, 1.165) is 10.9 Å². The molecule has 96 valence electrons. The number of nitrogens with zero attached hydrogens (tertiary/aromatic N) is 2. The second-order valence-electron chi connectivity index (χ2n) is 3.91. The number of benzene rings is 1. The summed E-state index contributed by atoms with van der Waals surface area (Å²) in [6, 6.07) is 11.5. The van der Waals surface area contributed by atoms with Crippen molar-refractivity contribution in [1.82, 2.24) is 10.3 Å². The molecule has 0 bridgehead atoms. The van der Waals surface area contributed by atoms with Crippen molar-refractivity contribution in [2.45, 2.75) is 6.42 Å². The molecule has 0 aliphatic rings. The third-order valence-corrected chi connectivity index (χ3v) is 2.49. The van der Waals surface area contributed by atoms with Gasteiger partial charge in [-0.1, -0.05) is 18.2 Å². The monoisotopic (exact) mass is 255 g/mol. The number of para-hydroxylation sites is 1. The number of carbonyl (C=O) groups is 1. The lowest BCUT2D eigenvalue weighted by Gasteiger charge is -2.06. The topological polar surface area (TPSA) is 75.0 Å². The Balaban J connectivity index is 1.91. The van der Waals surface area contributed by atoms with E-state index in [1.165, 1.54) is 0 Å². The van der Waals surface area contributed by atoms with E-state index in [4.69, 9.17) is 10.00 Å². The molecule has 0 saturated carbocycles. The summed E-state index contributed by atoms with van der Waals surface area (Å²) < 4.78 is 5.35. The van der Waals surface area contributed by atoms with Crippen molar-refractivity contribution < 1.29 is 9.53 Å². The van der Waals surface area contributed by atoms with Gasteiger partial charge >= 0.3 is 0 Å². The third kappa shape index (κ3) is 3.68. The fraction of sp³-hybridized carbons (Fsp3) is 0.214. The van der Waals surface area contributed by atoms with Gasteiger partial charge in [0.05, 0.1) is 24.2 Å². The molecule has 1 aromatic heterocycles. The SMILES string of the molecule is N#CCCNC(=O)COc1cnc2ccccc2c1. The van der Waals surface area contributed by atoms with Gasteiger partial charge < -0.3 is 10.1 Å². The van der Waals surface area contributed by atoms with Crippen molar-refractivity contribution in [3.63, 3.8) is 0 Å². The van der Waals surface area contributed by atoms with E-state index in [9.17, 15) is 4.79 Å². The van der Waals surface area contributed by atoms with Gasteiger partial charge in [0.15, 0.2) is 6.61 Å². The van der Waals surface area contributed by atoms with E-state index in [1.807, 2.05) is 36.4 Å². The quantitative estimate of drug-likeness (QED) is 0.824. The molecule has 0 atom stereocenters. The zero-order valence-electron chi connectivity index (χ0n) is 10.3. The van der Waals surface area contributed by atoms with Gasteiger partial charge in [-0.15, -0.1) is 0 Å². The Hall–Kier alpha value is -2.61. The normalized spacial score (nSPS) is 9.84. The van der Waals surface area contributed by atoms with Crippen LogP contribution >= 0.6 is 0 Å². The van der Waals surface area contributed by atoms with Gasteiger partial charge in [-0.25, -0.2) is 0 Å². The highest BCUT2D eigenvalue weighted by molar-refractivity contribution is 5.80. The lowest BCUT2D eigenvalue weighted by Crippen LogP contribution is -2.29. The van der Waals surface area contributed by atoms with Crippen LogP contribution in [0.1, 0.15) is 6.42 Å². The molecule has 0 unspecified atom stereocenters. The van der Waals surface area contributed by atoms with Crippen LogP contribution in [0.15, 0.2) is 36.5 Å². The smallest absolute Gasteiger partial charge is 0.257 e. The second kappa shape index (κ2) is 6.36. The van der Waals surface area contributed by atoms with Crippen molar-refractivity contribution in [3.8, 4) is 11.8 Å². The minimum atomic E-state index is -0.247. The maximum atomic E-state index is 11.4. The number of nitrogens with one attached hydrogen (secondary N) is 1. The van der Waals surface area contributed by atoms with Gasteiger partial charge in [0, 0.05) is 11.9 Å². The predicted octanol–water partition coefficient (Wildman–Crippen LogP) is 1.64. The number of nitriles is 1. The number of carbonyl (C=O) groups excluding carboxylic acids is 1. The second-order valence-corrected chi connectivity index (χ2v) is 3.91. The van der Waals surface area contributed by atoms with E-state index >= 15 is 0 Å². The van der Waals surface area contributed by atoms with Gasteiger partial charge in [0.2, 0.25) is 0 Å². The van der Waals surface area contributed by atoms with Crippen LogP contribution in [-0.2, 0) is 4.79 Å². The third-order valence-electron chi connectivity index (χ3n) is 2.49. The molecule has 2 aromatic rings. The maximum Gasteiger partial charge on any atom is 0.257 e. The van der Waals surface area contributed by atoms with Crippen LogP contribution in [-0.4, -0.2) is 24.0 Å². The first kappa shape index (κ1) is 12.8. The van der Waals surface area contributed by atoms with E-state index in [2.05, 4.69) is 10.3 Å². The Morgan fingerprint density at radius 3 is 3.11 bits per heavy atom. The Bertz CT molecular complexity index is 619. The number of rotatable bonds is 5. The van der Waals surface area contributed by atoms with Gasteiger partial charge in [0.1, 0.15) is 5.75 Å². The predicted molar refractivity (Wildman–Crippen MR) is 70.5 cm³/mol. The van der Waals surface area contributed by atoms with Gasteiger partial charge in [-0.05, 0) is 12.1 Å². The summed E-state index contributed by atoms with van der Waals surface area (Å²) in [7, 11) is 0. The minimum absolute atomic E-state index is 0.0779. The standard InChI is InChI=1S/C14H13N3O2/c15-6-3-7-16-14(18)10-19-12-8-11-4-1-2-5-13(11)17-9-12/h1-2,4-5,8-9H,3,7,10H2,(H,16,18). The molecule has 0 spiro atoms. The highest BCUT2D eigenvalue weighted by Gasteiger charge is 2.03. The van der Waals surface area contributed by atoms with Gasteiger partial charge in [-0.3, -0.25) is 9.78 Å². The fourth-order valence-corrected chi connectivity index (χ4v) is 1.59. The largest absolute Gasteiger partial charge is 0.482 e. The molecule has 0 radical (unpaired) electrons. The molecule has 19 heavy (non-hydrogen) atoms. The number of fused-ring (bicyclic) bond motifs is 1. The summed E-state index contributed by atoms with van der Waals surface area (Å²) in [4.78, 5) is 15.6. The molecule has 5 nitrogen and oxygen atoms in total. The highest BCUT2D eigenvalue weighted by Crippen LogP contribution is 2.17. The van der Waals surface area contributed by atoms with Crippen molar-refractivity contribution in [2.75, 3.05) is 13.2 Å². The number of ether oxygens (including phenoxy) is 1. The number of pyridine rings is 1. The summed E-state index contributed by atoms with van der Waals surface area (Å²) in [6.45, 7) is 0.264. The Labute approximate surface area is 110 Å². The van der Waals surface area contributed by atoms with Crippen LogP contribution in [0.25, 0.3) is 10.9 Å². The molecule has 0 fully saturated rings. The maximum absolute atomic E-state index is 11.4.